The van der Waals surface area contributed by atoms with Gasteiger partial charge in [-0.1, -0.05) is 5.16 Å². The zero-order chi connectivity index (χ0) is 15.7. The van der Waals surface area contributed by atoms with Crippen LogP contribution in [0.2, 0.25) is 0 Å². The number of nitrogens with zero attached hydrogens (tertiary/aromatic N) is 2. The smallest absolute Gasteiger partial charge is 0.227 e. The third-order valence-corrected chi connectivity index (χ3v) is 5.06. The lowest BCUT2D eigenvalue weighted by molar-refractivity contribution is -0.158. The average molecular weight is 308 g/mol. The molecular formula is C16H24N2O4. The molecule has 0 aromatic carbocycles. The van der Waals surface area contributed by atoms with Gasteiger partial charge < -0.3 is 18.9 Å². The summed E-state index contributed by atoms with van der Waals surface area (Å²) < 4.78 is 16.7. The van der Waals surface area contributed by atoms with Crippen LogP contribution in [-0.4, -0.2) is 54.5 Å². The Bertz CT molecular complexity index is 529. The minimum atomic E-state index is -0.186. The summed E-state index contributed by atoms with van der Waals surface area (Å²) >= 11 is 0. The maximum atomic E-state index is 12.6. The Balaban J connectivity index is 1.67. The van der Waals surface area contributed by atoms with Crippen molar-refractivity contribution in [2.45, 2.75) is 51.2 Å². The van der Waals surface area contributed by atoms with Gasteiger partial charge in [0.15, 0.2) is 0 Å². The molecule has 2 saturated heterocycles. The lowest BCUT2D eigenvalue weighted by atomic mass is 9.85. The summed E-state index contributed by atoms with van der Waals surface area (Å²) in [7, 11) is 1.70. The van der Waals surface area contributed by atoms with Crippen LogP contribution in [-0.2, 0) is 20.7 Å². The molecule has 6 nitrogen and oxygen atoms in total. The van der Waals surface area contributed by atoms with Crippen LogP contribution in [0, 0.1) is 13.8 Å². The molecule has 3 rings (SSSR count). The fraction of sp³-hybridized carbons (Fsp3) is 0.750. The van der Waals surface area contributed by atoms with Crippen LogP contribution in [0.25, 0.3) is 0 Å². The Kier molecular flexibility index (Phi) is 4.23. The van der Waals surface area contributed by atoms with Gasteiger partial charge in [-0.2, -0.15) is 0 Å². The molecule has 6 heteroatoms. The van der Waals surface area contributed by atoms with Crippen LogP contribution in [0.5, 0.6) is 0 Å². The number of likely N-dealkylation sites (tertiary alicyclic amines) is 1. The van der Waals surface area contributed by atoms with Crippen molar-refractivity contribution in [2.75, 3.05) is 26.8 Å². The summed E-state index contributed by atoms with van der Waals surface area (Å²) in [5.41, 5.74) is 1.51. The molecule has 0 aliphatic carbocycles. The maximum absolute atomic E-state index is 12.6. The number of amides is 1. The first-order valence-corrected chi connectivity index (χ1v) is 7.92. The van der Waals surface area contributed by atoms with E-state index in [9.17, 15) is 4.79 Å². The number of ether oxygens (including phenoxy) is 2. The Hall–Kier alpha value is -1.40. The fourth-order valence-corrected chi connectivity index (χ4v) is 3.65. The average Bonchev–Trinajstić information content (AvgIpc) is 3.10. The summed E-state index contributed by atoms with van der Waals surface area (Å²) in [5.74, 6) is 0.825. The standard InChI is InChI=1S/C16H24N2O4/c1-11-13(12(2)22-17-11)9-15(19)18-7-6-16(5-4-8-21-16)14(10-18)20-3/h14H,4-10H2,1-3H3/t14-,16-/m0/s1. The van der Waals surface area contributed by atoms with E-state index in [1.165, 1.54) is 0 Å². The second-order valence-corrected chi connectivity index (χ2v) is 6.31. The van der Waals surface area contributed by atoms with E-state index >= 15 is 0 Å². The van der Waals surface area contributed by atoms with Crippen LogP contribution >= 0.6 is 0 Å². The van der Waals surface area contributed by atoms with Crippen molar-refractivity contribution < 1.29 is 18.8 Å². The molecule has 1 amide bonds. The van der Waals surface area contributed by atoms with Gasteiger partial charge in [-0.15, -0.1) is 0 Å². The van der Waals surface area contributed by atoms with Gasteiger partial charge in [0.2, 0.25) is 5.91 Å². The van der Waals surface area contributed by atoms with Crippen molar-refractivity contribution in [1.82, 2.24) is 10.1 Å². The molecule has 2 aliphatic rings. The molecule has 0 bridgehead atoms. The van der Waals surface area contributed by atoms with Gasteiger partial charge in [-0.3, -0.25) is 4.79 Å². The second-order valence-electron chi connectivity index (χ2n) is 6.31. The first-order valence-electron chi connectivity index (χ1n) is 7.92. The molecule has 2 aliphatic heterocycles. The van der Waals surface area contributed by atoms with Crippen molar-refractivity contribution in [3.63, 3.8) is 0 Å². The number of aromatic nitrogens is 1. The predicted molar refractivity (Wildman–Crippen MR) is 79.6 cm³/mol. The molecule has 0 saturated carbocycles. The van der Waals surface area contributed by atoms with Gasteiger partial charge in [0, 0.05) is 32.4 Å². The van der Waals surface area contributed by atoms with Gasteiger partial charge in [0.25, 0.3) is 0 Å². The van der Waals surface area contributed by atoms with Gasteiger partial charge in [0.1, 0.15) is 11.9 Å². The van der Waals surface area contributed by atoms with E-state index in [-0.39, 0.29) is 17.6 Å². The Labute approximate surface area is 130 Å². The SMILES string of the molecule is CO[C@H]1CN(C(=O)Cc2c(C)noc2C)CC[C@@]12CCCO2. The summed E-state index contributed by atoms with van der Waals surface area (Å²) in [5, 5.41) is 3.91. The number of methoxy groups -OCH3 is 1. The molecule has 1 aromatic heterocycles. The molecule has 2 fully saturated rings. The molecule has 0 unspecified atom stereocenters. The van der Waals surface area contributed by atoms with Crippen LogP contribution in [0.4, 0.5) is 0 Å². The van der Waals surface area contributed by atoms with Crippen LogP contribution < -0.4 is 0 Å². The van der Waals surface area contributed by atoms with Crippen molar-refractivity contribution in [3.05, 3.63) is 17.0 Å². The predicted octanol–water partition coefficient (Wildman–Crippen LogP) is 1.63. The molecule has 2 atom stereocenters. The van der Waals surface area contributed by atoms with Crippen molar-refractivity contribution in [3.8, 4) is 0 Å². The van der Waals surface area contributed by atoms with Crippen molar-refractivity contribution >= 4 is 5.91 Å². The van der Waals surface area contributed by atoms with Gasteiger partial charge in [0.05, 0.1) is 17.7 Å². The van der Waals surface area contributed by atoms with Crippen LogP contribution in [0.3, 0.4) is 0 Å². The van der Waals surface area contributed by atoms with E-state index < -0.39 is 0 Å². The van der Waals surface area contributed by atoms with E-state index in [0.717, 1.165) is 49.4 Å². The zero-order valence-electron chi connectivity index (χ0n) is 13.6. The van der Waals surface area contributed by atoms with Gasteiger partial charge in [-0.05, 0) is 33.1 Å². The fourth-order valence-electron chi connectivity index (χ4n) is 3.65. The first kappa shape index (κ1) is 15.5. The number of carbonyl (C=O) groups is 1. The summed E-state index contributed by atoms with van der Waals surface area (Å²) in [6.07, 6.45) is 3.24. The number of rotatable bonds is 3. The summed E-state index contributed by atoms with van der Waals surface area (Å²) in [6, 6.07) is 0. The number of piperidine rings is 1. The Morgan fingerprint density at radius 3 is 2.86 bits per heavy atom. The third kappa shape index (κ3) is 2.65. The molecule has 3 heterocycles. The van der Waals surface area contributed by atoms with Crippen LogP contribution in [0.15, 0.2) is 4.52 Å². The highest BCUT2D eigenvalue weighted by Crippen LogP contribution is 2.37. The van der Waals surface area contributed by atoms with E-state index in [2.05, 4.69) is 5.16 Å². The lowest BCUT2D eigenvalue weighted by Gasteiger charge is -2.44. The largest absolute Gasteiger partial charge is 0.377 e. The number of hydrogen-bond acceptors (Lipinski definition) is 5. The molecule has 122 valence electrons. The Morgan fingerprint density at radius 2 is 2.27 bits per heavy atom. The molecule has 1 aromatic rings. The van der Waals surface area contributed by atoms with Crippen LogP contribution in [0.1, 0.15) is 36.3 Å². The van der Waals surface area contributed by atoms with E-state index in [1.54, 1.807) is 7.11 Å². The quantitative estimate of drug-likeness (QED) is 0.849. The number of aryl methyl sites for hydroxylation is 2. The first-order chi connectivity index (χ1) is 10.6. The minimum Gasteiger partial charge on any atom is -0.377 e. The second kappa shape index (κ2) is 6.01. The zero-order valence-corrected chi connectivity index (χ0v) is 13.6. The van der Waals surface area contributed by atoms with E-state index in [1.807, 2.05) is 18.7 Å². The number of hydrogen-bond donors (Lipinski definition) is 0. The topological polar surface area (TPSA) is 64.8 Å². The van der Waals surface area contributed by atoms with E-state index in [0.29, 0.717) is 13.0 Å². The summed E-state index contributed by atoms with van der Waals surface area (Å²) in [6.45, 7) is 5.83. The van der Waals surface area contributed by atoms with E-state index in [4.69, 9.17) is 14.0 Å². The minimum absolute atomic E-state index is 0.0441. The highest BCUT2D eigenvalue weighted by atomic mass is 16.5. The highest BCUT2D eigenvalue weighted by Gasteiger charge is 2.47. The van der Waals surface area contributed by atoms with Gasteiger partial charge >= 0.3 is 0 Å². The molecule has 0 N–H and O–H groups in total. The van der Waals surface area contributed by atoms with Crippen molar-refractivity contribution in [1.29, 1.82) is 0 Å². The Morgan fingerprint density at radius 1 is 1.45 bits per heavy atom. The molecule has 22 heavy (non-hydrogen) atoms. The lowest BCUT2D eigenvalue weighted by Crippen LogP contribution is -2.57. The van der Waals surface area contributed by atoms with Crippen molar-refractivity contribution in [2.24, 2.45) is 0 Å². The third-order valence-electron chi connectivity index (χ3n) is 5.06. The molecular weight excluding hydrogens is 284 g/mol. The number of carbonyl (C=O) groups excluding carboxylic acids is 1. The normalized spacial score (nSPS) is 28.5. The molecule has 0 radical (unpaired) electrons. The van der Waals surface area contributed by atoms with Gasteiger partial charge in [-0.25, -0.2) is 0 Å². The molecule has 1 spiro atoms. The highest BCUT2D eigenvalue weighted by molar-refractivity contribution is 5.79. The maximum Gasteiger partial charge on any atom is 0.227 e. The summed E-state index contributed by atoms with van der Waals surface area (Å²) in [4.78, 5) is 14.5. The monoisotopic (exact) mass is 308 g/mol.